The van der Waals surface area contributed by atoms with Gasteiger partial charge in [0.2, 0.25) is 0 Å². The molecular weight excluding hydrogens is 328 g/mol. The highest BCUT2D eigenvalue weighted by Gasteiger charge is 2.13. The van der Waals surface area contributed by atoms with Crippen molar-refractivity contribution >= 4 is 28.8 Å². The number of nitrogens with zero attached hydrogens (tertiary/aromatic N) is 3. The van der Waals surface area contributed by atoms with E-state index < -0.39 is 0 Å². The highest BCUT2D eigenvalue weighted by molar-refractivity contribution is 7.99. The molecule has 3 rings (SSSR count). The fourth-order valence-corrected chi connectivity index (χ4v) is 2.90. The maximum Gasteiger partial charge on any atom is 0.316 e. The lowest BCUT2D eigenvalue weighted by Crippen LogP contribution is -2.12. The van der Waals surface area contributed by atoms with E-state index in [2.05, 4.69) is 15.1 Å². The van der Waals surface area contributed by atoms with Crippen molar-refractivity contribution in [2.45, 2.75) is 19.0 Å². The SMILES string of the molecule is CCOC(=O)CSc1nc2c(cnn2-c2cccc(C)c2)c(=O)[nH]1. The molecule has 0 atom stereocenters. The smallest absolute Gasteiger partial charge is 0.316 e. The monoisotopic (exact) mass is 344 g/mol. The van der Waals surface area contributed by atoms with Gasteiger partial charge in [0.25, 0.3) is 5.56 Å². The van der Waals surface area contributed by atoms with Crippen LogP contribution in [0.25, 0.3) is 16.7 Å². The molecule has 24 heavy (non-hydrogen) atoms. The number of esters is 1. The Morgan fingerprint density at radius 1 is 1.42 bits per heavy atom. The molecule has 0 saturated carbocycles. The summed E-state index contributed by atoms with van der Waals surface area (Å²) < 4.78 is 6.49. The number of hydrogen-bond acceptors (Lipinski definition) is 6. The third-order valence-corrected chi connectivity index (χ3v) is 4.14. The van der Waals surface area contributed by atoms with E-state index in [4.69, 9.17) is 4.74 Å². The van der Waals surface area contributed by atoms with Gasteiger partial charge in [0.15, 0.2) is 10.8 Å². The van der Waals surface area contributed by atoms with Crippen LogP contribution in [0.3, 0.4) is 0 Å². The van der Waals surface area contributed by atoms with Crippen LogP contribution in [0.4, 0.5) is 0 Å². The third-order valence-electron chi connectivity index (χ3n) is 3.29. The number of H-pyrrole nitrogens is 1. The van der Waals surface area contributed by atoms with Gasteiger partial charge >= 0.3 is 5.97 Å². The predicted octanol–water partition coefficient (Wildman–Crippen LogP) is 2.07. The van der Waals surface area contributed by atoms with E-state index in [1.165, 1.54) is 6.20 Å². The molecule has 0 aliphatic carbocycles. The Morgan fingerprint density at radius 3 is 3.00 bits per heavy atom. The van der Waals surface area contributed by atoms with Crippen molar-refractivity contribution in [3.05, 3.63) is 46.4 Å². The number of benzene rings is 1. The molecule has 3 aromatic rings. The number of nitrogens with one attached hydrogen (secondary N) is 1. The van der Waals surface area contributed by atoms with Crippen molar-refractivity contribution in [1.82, 2.24) is 19.7 Å². The lowest BCUT2D eigenvalue weighted by Gasteiger charge is -2.05. The van der Waals surface area contributed by atoms with Crippen LogP contribution in [0.15, 0.2) is 40.4 Å². The molecule has 124 valence electrons. The largest absolute Gasteiger partial charge is 0.465 e. The van der Waals surface area contributed by atoms with Gasteiger partial charge in [-0.05, 0) is 31.5 Å². The Hall–Kier alpha value is -2.61. The molecule has 0 unspecified atom stereocenters. The van der Waals surface area contributed by atoms with Crippen LogP contribution in [0, 0.1) is 6.92 Å². The lowest BCUT2D eigenvalue weighted by atomic mass is 10.2. The Morgan fingerprint density at radius 2 is 2.25 bits per heavy atom. The molecule has 2 heterocycles. The van der Waals surface area contributed by atoms with E-state index in [9.17, 15) is 9.59 Å². The number of thioether (sulfide) groups is 1. The molecule has 1 aromatic carbocycles. The van der Waals surface area contributed by atoms with Gasteiger partial charge in [-0.1, -0.05) is 23.9 Å². The Bertz CT molecular complexity index is 948. The Balaban J connectivity index is 1.98. The number of fused-ring (bicyclic) bond motifs is 1. The molecule has 2 aromatic heterocycles. The van der Waals surface area contributed by atoms with E-state index in [-0.39, 0.29) is 17.3 Å². The van der Waals surface area contributed by atoms with Gasteiger partial charge in [-0.3, -0.25) is 9.59 Å². The van der Waals surface area contributed by atoms with Gasteiger partial charge in [-0.25, -0.2) is 9.67 Å². The molecule has 0 aliphatic rings. The number of rotatable bonds is 5. The maximum atomic E-state index is 12.2. The van der Waals surface area contributed by atoms with Crippen LogP contribution in [0.2, 0.25) is 0 Å². The molecule has 0 fully saturated rings. The van der Waals surface area contributed by atoms with Gasteiger partial charge in [-0.2, -0.15) is 5.10 Å². The molecule has 8 heteroatoms. The summed E-state index contributed by atoms with van der Waals surface area (Å²) in [4.78, 5) is 30.8. The van der Waals surface area contributed by atoms with Crippen molar-refractivity contribution < 1.29 is 9.53 Å². The summed E-state index contributed by atoms with van der Waals surface area (Å²) in [5.74, 6) is -0.265. The van der Waals surface area contributed by atoms with Gasteiger partial charge in [-0.15, -0.1) is 0 Å². The van der Waals surface area contributed by atoms with Crippen molar-refractivity contribution in [3.8, 4) is 5.69 Å². The number of ether oxygens (including phenoxy) is 1. The summed E-state index contributed by atoms with van der Waals surface area (Å²) >= 11 is 1.13. The normalized spacial score (nSPS) is 10.9. The van der Waals surface area contributed by atoms with Crippen LogP contribution < -0.4 is 5.56 Å². The maximum absolute atomic E-state index is 12.2. The minimum absolute atomic E-state index is 0.0842. The quantitative estimate of drug-likeness (QED) is 0.433. The van der Waals surface area contributed by atoms with Crippen molar-refractivity contribution in [2.75, 3.05) is 12.4 Å². The predicted molar refractivity (Wildman–Crippen MR) is 91.6 cm³/mol. The second-order valence-corrected chi connectivity index (χ2v) is 6.06. The fraction of sp³-hybridized carbons (Fsp3) is 0.250. The van der Waals surface area contributed by atoms with Crippen LogP contribution >= 0.6 is 11.8 Å². The summed E-state index contributed by atoms with van der Waals surface area (Å²) in [6.45, 7) is 4.05. The van der Waals surface area contributed by atoms with E-state index in [0.717, 1.165) is 23.0 Å². The average molecular weight is 344 g/mol. The molecule has 1 N–H and O–H groups in total. The number of aromatic amines is 1. The zero-order chi connectivity index (χ0) is 17.1. The number of hydrogen-bond donors (Lipinski definition) is 1. The van der Waals surface area contributed by atoms with E-state index >= 15 is 0 Å². The second-order valence-electron chi connectivity index (χ2n) is 5.10. The fourth-order valence-electron chi connectivity index (χ4n) is 2.25. The van der Waals surface area contributed by atoms with Crippen LogP contribution in [0.1, 0.15) is 12.5 Å². The number of carbonyl (C=O) groups excluding carboxylic acids is 1. The van der Waals surface area contributed by atoms with Gasteiger partial charge < -0.3 is 9.72 Å². The summed E-state index contributed by atoms with van der Waals surface area (Å²) in [5, 5.41) is 5.02. The van der Waals surface area contributed by atoms with E-state index in [1.807, 2.05) is 31.2 Å². The lowest BCUT2D eigenvalue weighted by molar-refractivity contribution is -0.139. The molecule has 0 amide bonds. The molecule has 0 radical (unpaired) electrons. The molecule has 7 nitrogen and oxygen atoms in total. The van der Waals surface area contributed by atoms with Crippen molar-refractivity contribution in [3.63, 3.8) is 0 Å². The summed E-state index contributed by atoms with van der Waals surface area (Å²) in [6, 6.07) is 7.76. The Labute approximate surface area is 142 Å². The first-order chi connectivity index (χ1) is 11.6. The standard InChI is InChI=1S/C16H16N4O3S/c1-3-23-13(21)9-24-16-18-14-12(15(22)19-16)8-17-20(14)11-6-4-5-10(2)7-11/h4-8H,3,9H2,1-2H3,(H,18,19,22). The van der Waals surface area contributed by atoms with Gasteiger partial charge in [0.1, 0.15) is 5.39 Å². The number of carbonyl (C=O) groups is 1. The summed E-state index contributed by atoms with van der Waals surface area (Å²) in [6.07, 6.45) is 1.49. The molecule has 0 bridgehead atoms. The van der Waals surface area contributed by atoms with E-state index in [0.29, 0.717) is 22.8 Å². The van der Waals surface area contributed by atoms with E-state index in [1.54, 1.807) is 11.6 Å². The van der Waals surface area contributed by atoms with Crippen molar-refractivity contribution in [2.24, 2.45) is 0 Å². The molecule has 0 spiro atoms. The van der Waals surface area contributed by atoms with Gasteiger partial charge in [0.05, 0.1) is 24.2 Å². The first-order valence-corrected chi connectivity index (χ1v) is 8.40. The highest BCUT2D eigenvalue weighted by atomic mass is 32.2. The highest BCUT2D eigenvalue weighted by Crippen LogP contribution is 2.18. The first-order valence-electron chi connectivity index (χ1n) is 7.42. The molecular formula is C16H16N4O3S. The minimum Gasteiger partial charge on any atom is -0.465 e. The summed E-state index contributed by atoms with van der Waals surface area (Å²) in [7, 11) is 0. The summed E-state index contributed by atoms with van der Waals surface area (Å²) in [5.41, 5.74) is 2.07. The topological polar surface area (TPSA) is 89.9 Å². The third kappa shape index (κ3) is 3.33. The first kappa shape index (κ1) is 16.3. The Kier molecular flexibility index (Phi) is 4.66. The molecule has 0 saturated heterocycles. The zero-order valence-corrected chi connectivity index (χ0v) is 14.1. The second kappa shape index (κ2) is 6.88. The van der Waals surface area contributed by atoms with Crippen molar-refractivity contribution in [1.29, 1.82) is 0 Å². The van der Waals surface area contributed by atoms with Crippen LogP contribution in [-0.4, -0.2) is 38.1 Å². The van der Waals surface area contributed by atoms with Crippen LogP contribution in [-0.2, 0) is 9.53 Å². The van der Waals surface area contributed by atoms with Crippen LogP contribution in [0.5, 0.6) is 0 Å². The average Bonchev–Trinajstić information content (AvgIpc) is 2.98. The molecule has 0 aliphatic heterocycles. The zero-order valence-electron chi connectivity index (χ0n) is 13.3. The minimum atomic E-state index is -0.350. The number of aryl methyl sites for hydroxylation is 1. The number of aromatic nitrogens is 4. The van der Waals surface area contributed by atoms with Gasteiger partial charge in [0, 0.05) is 0 Å².